The number of carbonyl (C=O) groups excluding carboxylic acids is 1. The van der Waals surface area contributed by atoms with Crippen molar-refractivity contribution in [3.05, 3.63) is 57.6 Å². The van der Waals surface area contributed by atoms with E-state index in [1.807, 2.05) is 0 Å². The second-order valence-electron chi connectivity index (χ2n) is 5.55. The zero-order chi connectivity index (χ0) is 19.2. The zero-order valence-electron chi connectivity index (χ0n) is 14.5. The van der Waals surface area contributed by atoms with Crippen molar-refractivity contribution in [3.8, 4) is 29.1 Å². The molecule has 8 heteroatoms. The molecule has 0 spiro atoms. The van der Waals surface area contributed by atoms with Gasteiger partial charge in [-0.2, -0.15) is 0 Å². The lowest BCUT2D eigenvalue weighted by Gasteiger charge is -2.05. The van der Waals surface area contributed by atoms with Gasteiger partial charge in [-0.3, -0.25) is 14.9 Å². The monoisotopic (exact) mass is 368 g/mol. The number of nitro benzene ring substituents is 1. The summed E-state index contributed by atoms with van der Waals surface area (Å²) in [6.45, 7) is 1.98. The predicted molar refractivity (Wildman–Crippen MR) is 96.0 cm³/mol. The summed E-state index contributed by atoms with van der Waals surface area (Å²) in [4.78, 5) is 22.6. The molecule has 1 N–H and O–H groups in total. The third-order valence-electron chi connectivity index (χ3n) is 3.86. The van der Waals surface area contributed by atoms with Crippen molar-refractivity contribution in [2.24, 2.45) is 0 Å². The highest BCUT2D eigenvalue weighted by Gasteiger charge is 2.17. The zero-order valence-corrected chi connectivity index (χ0v) is 14.5. The van der Waals surface area contributed by atoms with E-state index in [4.69, 9.17) is 14.2 Å². The van der Waals surface area contributed by atoms with Gasteiger partial charge >= 0.3 is 0 Å². The summed E-state index contributed by atoms with van der Waals surface area (Å²) >= 11 is 0. The van der Waals surface area contributed by atoms with E-state index in [2.05, 4.69) is 17.2 Å². The van der Waals surface area contributed by atoms with Gasteiger partial charge in [0.1, 0.15) is 12.4 Å². The third-order valence-corrected chi connectivity index (χ3v) is 3.86. The highest BCUT2D eigenvalue weighted by atomic mass is 16.7. The lowest BCUT2D eigenvalue weighted by atomic mass is 10.1. The Labute approximate surface area is 155 Å². The van der Waals surface area contributed by atoms with E-state index in [1.165, 1.54) is 25.1 Å². The first-order valence-corrected chi connectivity index (χ1v) is 8.06. The molecular weight excluding hydrogens is 352 g/mol. The molecule has 0 saturated carbocycles. The van der Waals surface area contributed by atoms with Crippen LogP contribution in [0.3, 0.4) is 0 Å². The van der Waals surface area contributed by atoms with Crippen LogP contribution in [0.5, 0.6) is 17.2 Å². The molecule has 3 rings (SSSR count). The number of fused-ring (bicyclic) bond motifs is 1. The van der Waals surface area contributed by atoms with Crippen molar-refractivity contribution < 1.29 is 23.9 Å². The molecule has 0 bridgehead atoms. The molecule has 0 fully saturated rings. The maximum absolute atomic E-state index is 12.1. The largest absolute Gasteiger partial charge is 0.481 e. The Morgan fingerprint density at radius 1 is 1.26 bits per heavy atom. The van der Waals surface area contributed by atoms with Crippen molar-refractivity contribution in [1.29, 1.82) is 0 Å². The van der Waals surface area contributed by atoms with Crippen LogP contribution in [0.25, 0.3) is 0 Å². The van der Waals surface area contributed by atoms with Gasteiger partial charge in [0.05, 0.1) is 11.5 Å². The number of rotatable bonds is 5. The second kappa shape index (κ2) is 8.10. The number of nitrogens with zero attached hydrogens (tertiary/aromatic N) is 1. The summed E-state index contributed by atoms with van der Waals surface area (Å²) in [7, 11) is 0. The van der Waals surface area contributed by atoms with E-state index in [-0.39, 0.29) is 31.2 Å². The van der Waals surface area contributed by atoms with Crippen molar-refractivity contribution in [2.45, 2.75) is 6.92 Å². The Bertz CT molecular complexity index is 945. The average Bonchev–Trinajstić information content (AvgIpc) is 3.12. The first-order valence-electron chi connectivity index (χ1n) is 8.06. The van der Waals surface area contributed by atoms with Gasteiger partial charge in [-0.15, -0.1) is 0 Å². The number of hydrogen-bond donors (Lipinski definition) is 1. The van der Waals surface area contributed by atoms with E-state index < -0.39 is 10.8 Å². The first-order chi connectivity index (χ1) is 13.1. The Balaban J connectivity index is 1.48. The van der Waals surface area contributed by atoms with Gasteiger partial charge < -0.3 is 19.5 Å². The Hall–Kier alpha value is -3.73. The van der Waals surface area contributed by atoms with Crippen LogP contribution in [0.1, 0.15) is 15.9 Å². The fourth-order valence-electron chi connectivity index (χ4n) is 2.49. The molecule has 27 heavy (non-hydrogen) atoms. The molecule has 1 aliphatic heterocycles. The molecule has 1 heterocycles. The van der Waals surface area contributed by atoms with Crippen molar-refractivity contribution in [2.75, 3.05) is 19.9 Å². The smallest absolute Gasteiger partial charge is 0.273 e. The molecule has 2 aromatic rings. The summed E-state index contributed by atoms with van der Waals surface area (Å²) in [5.41, 5.74) is 0.479. The van der Waals surface area contributed by atoms with Crippen molar-refractivity contribution in [1.82, 2.24) is 5.32 Å². The van der Waals surface area contributed by atoms with Gasteiger partial charge in [-0.1, -0.05) is 17.9 Å². The Morgan fingerprint density at radius 2 is 2.07 bits per heavy atom. The molecule has 0 atom stereocenters. The number of benzene rings is 2. The summed E-state index contributed by atoms with van der Waals surface area (Å²) in [5, 5.41) is 13.5. The molecule has 0 unspecified atom stereocenters. The van der Waals surface area contributed by atoms with Crippen molar-refractivity contribution in [3.63, 3.8) is 0 Å². The van der Waals surface area contributed by atoms with Gasteiger partial charge in [0, 0.05) is 23.3 Å². The highest BCUT2D eigenvalue weighted by Crippen LogP contribution is 2.34. The van der Waals surface area contributed by atoms with Crippen LogP contribution in [0.4, 0.5) is 5.69 Å². The molecular formula is C19H16N2O6. The van der Waals surface area contributed by atoms with Crippen LogP contribution in [-0.2, 0) is 0 Å². The van der Waals surface area contributed by atoms with Crippen LogP contribution < -0.4 is 19.5 Å². The minimum atomic E-state index is -0.514. The number of nitrogens with one attached hydrogen (secondary N) is 1. The first kappa shape index (κ1) is 18.1. The fourth-order valence-corrected chi connectivity index (χ4v) is 2.49. The lowest BCUT2D eigenvalue weighted by Crippen LogP contribution is -2.24. The van der Waals surface area contributed by atoms with Gasteiger partial charge in [0.2, 0.25) is 6.79 Å². The fraction of sp³-hybridized carbons (Fsp3) is 0.211. The van der Waals surface area contributed by atoms with E-state index in [0.717, 1.165) is 0 Å². The summed E-state index contributed by atoms with van der Waals surface area (Å²) < 4.78 is 16.0. The minimum absolute atomic E-state index is 0.0918. The number of hydrogen-bond acceptors (Lipinski definition) is 6. The second-order valence-corrected chi connectivity index (χ2v) is 5.55. The van der Waals surface area contributed by atoms with Crippen LogP contribution in [0.15, 0.2) is 36.4 Å². The molecule has 1 aliphatic rings. The van der Waals surface area contributed by atoms with Gasteiger partial charge in [0.25, 0.3) is 11.6 Å². The number of carbonyl (C=O) groups is 1. The standard InChI is InChI=1S/C19H16N2O6/c1-13-15(5-4-6-16(13)21(23)24)19(22)20-9-2-3-10-25-14-7-8-17-18(11-14)27-12-26-17/h4-8,11H,9-10,12H2,1H3,(H,20,22). The summed E-state index contributed by atoms with van der Waals surface area (Å²) in [6.07, 6.45) is 0. The normalized spacial score (nSPS) is 11.3. The number of nitro groups is 1. The summed E-state index contributed by atoms with van der Waals surface area (Å²) in [6, 6.07) is 9.60. The molecule has 8 nitrogen and oxygen atoms in total. The minimum Gasteiger partial charge on any atom is -0.481 e. The molecule has 0 radical (unpaired) electrons. The Kier molecular flexibility index (Phi) is 5.42. The van der Waals surface area contributed by atoms with Gasteiger partial charge in [-0.25, -0.2) is 0 Å². The Morgan fingerprint density at radius 3 is 2.89 bits per heavy atom. The van der Waals surface area contributed by atoms with Crippen LogP contribution >= 0.6 is 0 Å². The molecule has 138 valence electrons. The van der Waals surface area contributed by atoms with Crippen molar-refractivity contribution >= 4 is 11.6 Å². The average molecular weight is 368 g/mol. The predicted octanol–water partition coefficient (Wildman–Crippen LogP) is 2.44. The molecule has 0 aromatic heterocycles. The SMILES string of the molecule is Cc1c(C(=O)NCC#CCOc2ccc3c(c2)OCO3)cccc1[N+](=O)[O-]. The maximum Gasteiger partial charge on any atom is 0.273 e. The lowest BCUT2D eigenvalue weighted by molar-refractivity contribution is -0.385. The van der Waals surface area contributed by atoms with Crippen LogP contribution in [0, 0.1) is 28.9 Å². The molecule has 2 aromatic carbocycles. The van der Waals surface area contributed by atoms with Gasteiger partial charge in [-0.05, 0) is 25.1 Å². The van der Waals surface area contributed by atoms with E-state index >= 15 is 0 Å². The van der Waals surface area contributed by atoms with Gasteiger partial charge in [0.15, 0.2) is 11.5 Å². The molecule has 1 amide bonds. The number of amides is 1. The van der Waals surface area contributed by atoms with E-state index in [0.29, 0.717) is 22.8 Å². The number of ether oxygens (including phenoxy) is 3. The third kappa shape index (κ3) is 4.27. The van der Waals surface area contributed by atoms with E-state index in [1.54, 1.807) is 18.2 Å². The van der Waals surface area contributed by atoms with Crippen LogP contribution in [-0.4, -0.2) is 30.8 Å². The van der Waals surface area contributed by atoms with E-state index in [9.17, 15) is 14.9 Å². The summed E-state index contributed by atoms with van der Waals surface area (Å²) in [5.74, 6) is 7.04. The molecule has 0 saturated heterocycles. The quantitative estimate of drug-likeness (QED) is 0.494. The topological polar surface area (TPSA) is 99.9 Å². The highest BCUT2D eigenvalue weighted by molar-refractivity contribution is 5.96. The maximum atomic E-state index is 12.1. The molecule has 0 aliphatic carbocycles. The van der Waals surface area contributed by atoms with Crippen LogP contribution in [0.2, 0.25) is 0 Å².